The van der Waals surface area contributed by atoms with Gasteiger partial charge in [-0.15, -0.1) is 5.10 Å². The van der Waals surface area contributed by atoms with E-state index >= 15 is 0 Å². The standard InChI is InChI=1S/C11H10N4/c1-9-4-2-3-5-10(9)7-15-8-13-11(6-12)14-15/h2-5,8H,7H2,1H3. The van der Waals surface area contributed by atoms with Gasteiger partial charge in [-0.1, -0.05) is 24.3 Å². The lowest BCUT2D eigenvalue weighted by Crippen LogP contribution is -2.02. The molecule has 1 aromatic heterocycles. The molecule has 0 saturated carbocycles. The van der Waals surface area contributed by atoms with Crippen molar-refractivity contribution in [2.75, 3.05) is 0 Å². The topological polar surface area (TPSA) is 54.5 Å². The molecule has 0 unspecified atom stereocenters. The van der Waals surface area contributed by atoms with Gasteiger partial charge in [0.1, 0.15) is 12.4 Å². The van der Waals surface area contributed by atoms with Crippen LogP contribution in [0.5, 0.6) is 0 Å². The van der Waals surface area contributed by atoms with Crippen molar-refractivity contribution in [1.29, 1.82) is 5.26 Å². The van der Waals surface area contributed by atoms with Gasteiger partial charge in [-0.05, 0) is 18.1 Å². The third kappa shape index (κ3) is 2.02. The molecule has 0 aliphatic rings. The van der Waals surface area contributed by atoms with Gasteiger partial charge in [-0.3, -0.25) is 0 Å². The van der Waals surface area contributed by atoms with Crippen LogP contribution in [0.4, 0.5) is 0 Å². The van der Waals surface area contributed by atoms with Crippen LogP contribution in [0.2, 0.25) is 0 Å². The second-order valence-electron chi connectivity index (χ2n) is 3.30. The van der Waals surface area contributed by atoms with Crippen molar-refractivity contribution in [3.8, 4) is 6.07 Å². The monoisotopic (exact) mass is 198 g/mol. The summed E-state index contributed by atoms with van der Waals surface area (Å²) in [7, 11) is 0. The molecule has 74 valence electrons. The van der Waals surface area contributed by atoms with Crippen LogP contribution in [0.3, 0.4) is 0 Å². The average Bonchev–Trinajstić information content (AvgIpc) is 2.69. The highest BCUT2D eigenvalue weighted by Crippen LogP contribution is 2.08. The SMILES string of the molecule is Cc1ccccc1Cn1cnc(C#N)n1. The number of nitriles is 1. The van der Waals surface area contributed by atoms with Gasteiger partial charge in [0, 0.05) is 0 Å². The molecule has 1 aromatic carbocycles. The van der Waals surface area contributed by atoms with E-state index < -0.39 is 0 Å². The van der Waals surface area contributed by atoms with Gasteiger partial charge in [0.15, 0.2) is 0 Å². The van der Waals surface area contributed by atoms with E-state index in [9.17, 15) is 0 Å². The second-order valence-corrected chi connectivity index (χ2v) is 3.30. The summed E-state index contributed by atoms with van der Waals surface area (Å²) < 4.78 is 1.67. The molecule has 0 saturated heterocycles. The first kappa shape index (κ1) is 9.41. The minimum Gasteiger partial charge on any atom is -0.247 e. The molecule has 0 spiro atoms. The summed E-state index contributed by atoms with van der Waals surface area (Å²) in [6, 6.07) is 9.99. The highest BCUT2D eigenvalue weighted by Gasteiger charge is 2.01. The van der Waals surface area contributed by atoms with Gasteiger partial charge in [0.2, 0.25) is 0 Å². The van der Waals surface area contributed by atoms with E-state index in [1.807, 2.05) is 24.3 Å². The molecule has 0 bridgehead atoms. The molecule has 15 heavy (non-hydrogen) atoms. The molecule has 0 radical (unpaired) electrons. The van der Waals surface area contributed by atoms with Crippen molar-refractivity contribution in [2.24, 2.45) is 0 Å². The lowest BCUT2D eigenvalue weighted by Gasteiger charge is -2.04. The molecule has 0 N–H and O–H groups in total. The summed E-state index contributed by atoms with van der Waals surface area (Å²) in [5.74, 6) is 0.212. The molecule has 4 heteroatoms. The summed E-state index contributed by atoms with van der Waals surface area (Å²) in [5.41, 5.74) is 2.40. The molecule has 2 aromatic rings. The molecule has 4 nitrogen and oxygen atoms in total. The zero-order chi connectivity index (χ0) is 10.7. The number of nitrogens with zero attached hydrogens (tertiary/aromatic N) is 4. The maximum atomic E-state index is 8.58. The highest BCUT2D eigenvalue weighted by molar-refractivity contribution is 5.25. The van der Waals surface area contributed by atoms with E-state index in [1.165, 1.54) is 11.1 Å². The number of hydrogen-bond donors (Lipinski definition) is 0. The lowest BCUT2D eigenvalue weighted by atomic mass is 10.1. The number of hydrogen-bond acceptors (Lipinski definition) is 3. The summed E-state index contributed by atoms with van der Waals surface area (Å²) in [6.07, 6.45) is 1.57. The quantitative estimate of drug-likeness (QED) is 0.734. The van der Waals surface area contributed by atoms with Gasteiger partial charge in [-0.25, -0.2) is 9.67 Å². The predicted molar refractivity (Wildman–Crippen MR) is 55.0 cm³/mol. The fourth-order valence-corrected chi connectivity index (χ4v) is 1.38. The lowest BCUT2D eigenvalue weighted by molar-refractivity contribution is 0.679. The maximum Gasteiger partial charge on any atom is 0.252 e. The van der Waals surface area contributed by atoms with Gasteiger partial charge in [0.25, 0.3) is 5.82 Å². The van der Waals surface area contributed by atoms with Crippen molar-refractivity contribution in [1.82, 2.24) is 14.8 Å². The van der Waals surface area contributed by atoms with Crippen LogP contribution in [0.15, 0.2) is 30.6 Å². The molecule has 0 atom stereocenters. The van der Waals surface area contributed by atoms with E-state index in [2.05, 4.69) is 23.1 Å². The Morgan fingerprint density at radius 1 is 1.40 bits per heavy atom. The van der Waals surface area contributed by atoms with Gasteiger partial charge >= 0.3 is 0 Å². The number of aromatic nitrogens is 3. The molecular weight excluding hydrogens is 188 g/mol. The molecule has 1 heterocycles. The van der Waals surface area contributed by atoms with Crippen molar-refractivity contribution >= 4 is 0 Å². The Morgan fingerprint density at radius 3 is 2.87 bits per heavy atom. The fourth-order valence-electron chi connectivity index (χ4n) is 1.38. The van der Waals surface area contributed by atoms with Crippen molar-refractivity contribution < 1.29 is 0 Å². The van der Waals surface area contributed by atoms with E-state index in [0.717, 1.165) is 0 Å². The number of benzene rings is 1. The Labute approximate surface area is 87.8 Å². The first-order chi connectivity index (χ1) is 7.29. The van der Waals surface area contributed by atoms with Crippen LogP contribution in [0.25, 0.3) is 0 Å². The predicted octanol–water partition coefficient (Wildman–Crippen LogP) is 1.51. The molecule has 0 aliphatic heterocycles. The van der Waals surface area contributed by atoms with Gasteiger partial charge in [0.05, 0.1) is 6.54 Å². The maximum absolute atomic E-state index is 8.58. The highest BCUT2D eigenvalue weighted by atomic mass is 15.3. The molecule has 0 amide bonds. The summed E-state index contributed by atoms with van der Waals surface area (Å²) in [6.45, 7) is 2.71. The summed E-state index contributed by atoms with van der Waals surface area (Å²) in [4.78, 5) is 3.85. The van der Waals surface area contributed by atoms with E-state index in [-0.39, 0.29) is 5.82 Å². The number of rotatable bonds is 2. The smallest absolute Gasteiger partial charge is 0.247 e. The van der Waals surface area contributed by atoms with Gasteiger partial charge in [-0.2, -0.15) is 5.26 Å². The molecular formula is C11H10N4. The van der Waals surface area contributed by atoms with E-state index in [1.54, 1.807) is 11.0 Å². The molecule has 2 rings (SSSR count). The second kappa shape index (κ2) is 3.93. The van der Waals surface area contributed by atoms with Crippen LogP contribution >= 0.6 is 0 Å². The van der Waals surface area contributed by atoms with Crippen LogP contribution in [-0.2, 0) is 6.54 Å². The Kier molecular flexibility index (Phi) is 2.46. The zero-order valence-corrected chi connectivity index (χ0v) is 8.38. The summed E-state index contributed by atoms with van der Waals surface area (Å²) >= 11 is 0. The fraction of sp³-hybridized carbons (Fsp3) is 0.182. The Balaban J connectivity index is 2.23. The normalized spacial score (nSPS) is 9.87. The third-order valence-corrected chi connectivity index (χ3v) is 2.23. The minimum absolute atomic E-state index is 0.212. The van der Waals surface area contributed by atoms with E-state index in [0.29, 0.717) is 6.54 Å². The Bertz CT molecular complexity index is 507. The summed E-state index contributed by atoms with van der Waals surface area (Å²) in [5, 5.41) is 12.6. The Hall–Kier alpha value is -2.15. The molecule has 0 aliphatic carbocycles. The van der Waals surface area contributed by atoms with Crippen LogP contribution in [0, 0.1) is 18.3 Å². The average molecular weight is 198 g/mol. The minimum atomic E-state index is 0.212. The first-order valence-corrected chi connectivity index (χ1v) is 4.63. The van der Waals surface area contributed by atoms with Crippen LogP contribution in [0.1, 0.15) is 17.0 Å². The third-order valence-electron chi connectivity index (χ3n) is 2.23. The van der Waals surface area contributed by atoms with Crippen molar-refractivity contribution in [3.63, 3.8) is 0 Å². The van der Waals surface area contributed by atoms with Crippen molar-refractivity contribution in [2.45, 2.75) is 13.5 Å². The number of aryl methyl sites for hydroxylation is 1. The van der Waals surface area contributed by atoms with E-state index in [4.69, 9.17) is 5.26 Å². The van der Waals surface area contributed by atoms with Crippen molar-refractivity contribution in [3.05, 3.63) is 47.5 Å². The molecule has 0 fully saturated rings. The largest absolute Gasteiger partial charge is 0.252 e. The first-order valence-electron chi connectivity index (χ1n) is 4.63. The zero-order valence-electron chi connectivity index (χ0n) is 8.38. The van der Waals surface area contributed by atoms with Gasteiger partial charge < -0.3 is 0 Å². The van der Waals surface area contributed by atoms with Crippen LogP contribution in [-0.4, -0.2) is 14.8 Å². The Morgan fingerprint density at radius 2 is 2.20 bits per heavy atom. The van der Waals surface area contributed by atoms with Crippen LogP contribution < -0.4 is 0 Å².